The first kappa shape index (κ1) is 9.92. The van der Waals surface area contributed by atoms with Crippen LogP contribution in [0.1, 0.15) is 12.0 Å². The van der Waals surface area contributed by atoms with Crippen LogP contribution in [0, 0.1) is 0 Å². The van der Waals surface area contributed by atoms with Gasteiger partial charge < -0.3 is 0 Å². The number of rotatable bonds is 2. The molecule has 0 bridgehead atoms. The Kier molecular flexibility index (Phi) is 3.36. The van der Waals surface area contributed by atoms with Gasteiger partial charge in [-0.1, -0.05) is 0 Å². The van der Waals surface area contributed by atoms with Gasteiger partial charge in [0, 0.05) is 0 Å². The fraction of sp³-hybridized carbons (Fsp3) is 0.455. The van der Waals surface area contributed by atoms with E-state index in [1.807, 2.05) is 6.07 Å². The van der Waals surface area contributed by atoms with Crippen LogP contribution in [-0.4, -0.2) is 29.0 Å². The second-order valence-electron chi connectivity index (χ2n) is 3.27. The molecule has 0 unspecified atom stereocenters. The van der Waals surface area contributed by atoms with Crippen molar-refractivity contribution >= 4 is 15.8 Å². The van der Waals surface area contributed by atoms with Crippen molar-refractivity contribution in [3.63, 3.8) is 0 Å². The molecular formula is C11H14AsO2. The molecule has 0 spiro atoms. The van der Waals surface area contributed by atoms with Crippen molar-refractivity contribution in [2.24, 2.45) is 0 Å². The van der Waals surface area contributed by atoms with Crippen LogP contribution in [0.5, 0.6) is 11.5 Å². The molecule has 75 valence electrons. The molecular weight excluding hydrogens is 239 g/mol. The van der Waals surface area contributed by atoms with Crippen LogP contribution in [-0.2, 0) is 5.21 Å². The Morgan fingerprint density at radius 3 is 3.00 bits per heavy atom. The second-order valence-corrected chi connectivity index (χ2v) is 5.26. The molecule has 1 heterocycles. The van der Waals surface area contributed by atoms with Gasteiger partial charge in [-0.15, -0.1) is 0 Å². The summed E-state index contributed by atoms with van der Waals surface area (Å²) in [6.45, 7) is 1.56. The van der Waals surface area contributed by atoms with Crippen molar-refractivity contribution in [3.8, 4) is 11.5 Å². The van der Waals surface area contributed by atoms with E-state index >= 15 is 0 Å². The molecule has 2 rings (SSSR count). The van der Waals surface area contributed by atoms with E-state index in [4.69, 9.17) is 9.47 Å². The van der Waals surface area contributed by atoms with Crippen LogP contribution >= 0.6 is 0 Å². The summed E-state index contributed by atoms with van der Waals surface area (Å²) in [4.78, 5) is 0. The minimum atomic E-state index is 0.396. The van der Waals surface area contributed by atoms with Crippen molar-refractivity contribution in [3.05, 3.63) is 23.8 Å². The second kappa shape index (κ2) is 4.74. The first-order chi connectivity index (χ1) is 6.92. The molecule has 0 fully saturated rings. The van der Waals surface area contributed by atoms with Crippen molar-refractivity contribution < 1.29 is 9.47 Å². The van der Waals surface area contributed by atoms with Gasteiger partial charge in [0.1, 0.15) is 0 Å². The van der Waals surface area contributed by atoms with E-state index in [1.54, 1.807) is 0 Å². The van der Waals surface area contributed by atoms with Crippen LogP contribution in [0.3, 0.4) is 0 Å². The number of benzene rings is 1. The molecule has 2 nitrogen and oxygen atoms in total. The number of para-hydroxylation sites is 1. The summed E-state index contributed by atoms with van der Waals surface area (Å²) < 4.78 is 11.3. The van der Waals surface area contributed by atoms with Gasteiger partial charge in [-0.25, -0.2) is 0 Å². The van der Waals surface area contributed by atoms with Crippen LogP contribution < -0.4 is 9.47 Å². The quantitative estimate of drug-likeness (QED) is 0.751. The number of hydrogen-bond acceptors (Lipinski definition) is 2. The average Bonchev–Trinajstić information content (AvgIpc) is 2.44. The molecule has 1 aliphatic heterocycles. The summed E-state index contributed by atoms with van der Waals surface area (Å²) in [7, 11) is 0. The van der Waals surface area contributed by atoms with Gasteiger partial charge in [-0.3, -0.25) is 0 Å². The van der Waals surface area contributed by atoms with Crippen molar-refractivity contribution in [1.82, 2.24) is 0 Å². The Morgan fingerprint density at radius 2 is 2.14 bits per heavy atom. The van der Waals surface area contributed by atoms with Gasteiger partial charge in [0.15, 0.2) is 0 Å². The SMILES string of the molecule is C[As]Cc1cccc2c1OCCCO2. The topological polar surface area (TPSA) is 18.5 Å². The fourth-order valence-corrected chi connectivity index (χ4v) is 2.79. The molecule has 1 aromatic rings. The van der Waals surface area contributed by atoms with E-state index in [0.717, 1.165) is 36.3 Å². The maximum absolute atomic E-state index is 5.72. The molecule has 0 atom stereocenters. The summed E-state index contributed by atoms with van der Waals surface area (Å²) in [5.41, 5.74) is 3.58. The summed E-state index contributed by atoms with van der Waals surface area (Å²) in [5, 5.41) is 1.16. The molecule has 0 aromatic heterocycles. The van der Waals surface area contributed by atoms with Crippen LogP contribution in [0.4, 0.5) is 0 Å². The van der Waals surface area contributed by atoms with Crippen molar-refractivity contribution in [2.45, 2.75) is 17.3 Å². The van der Waals surface area contributed by atoms with E-state index in [1.165, 1.54) is 5.56 Å². The van der Waals surface area contributed by atoms with E-state index in [2.05, 4.69) is 17.8 Å². The Bertz CT molecular complexity index is 312. The van der Waals surface area contributed by atoms with Gasteiger partial charge in [0.05, 0.1) is 0 Å². The van der Waals surface area contributed by atoms with Crippen LogP contribution in [0.25, 0.3) is 0 Å². The Labute approximate surface area is 91.3 Å². The van der Waals surface area contributed by atoms with Crippen LogP contribution in [0.2, 0.25) is 5.71 Å². The van der Waals surface area contributed by atoms with Gasteiger partial charge >= 0.3 is 91.0 Å². The van der Waals surface area contributed by atoms with E-state index < -0.39 is 0 Å². The van der Waals surface area contributed by atoms with E-state index in [0.29, 0.717) is 15.8 Å². The van der Waals surface area contributed by atoms with E-state index in [-0.39, 0.29) is 0 Å². The Hall–Kier alpha value is -0.622. The third-order valence-corrected chi connectivity index (χ3v) is 3.56. The first-order valence-electron chi connectivity index (χ1n) is 4.85. The predicted molar refractivity (Wildman–Crippen MR) is 57.4 cm³/mol. The van der Waals surface area contributed by atoms with Gasteiger partial charge in [-0.05, 0) is 0 Å². The van der Waals surface area contributed by atoms with Gasteiger partial charge in [0.2, 0.25) is 0 Å². The predicted octanol–water partition coefficient (Wildman–Crippen LogP) is 2.10. The zero-order valence-corrected chi connectivity index (χ0v) is 10.2. The number of fused-ring (bicyclic) bond motifs is 1. The van der Waals surface area contributed by atoms with Crippen molar-refractivity contribution in [2.75, 3.05) is 13.2 Å². The maximum atomic E-state index is 5.72. The molecule has 1 aliphatic rings. The number of ether oxygens (including phenoxy) is 2. The Morgan fingerprint density at radius 1 is 1.29 bits per heavy atom. The molecule has 0 saturated heterocycles. The third kappa shape index (κ3) is 2.06. The fourth-order valence-electron chi connectivity index (χ4n) is 1.55. The molecule has 0 N–H and O–H groups in total. The summed E-state index contributed by atoms with van der Waals surface area (Å²) in [5.74, 6) is 1.91. The van der Waals surface area contributed by atoms with Gasteiger partial charge in [-0.2, -0.15) is 0 Å². The molecule has 1 radical (unpaired) electrons. The molecule has 1 aromatic carbocycles. The number of hydrogen-bond donors (Lipinski definition) is 0. The van der Waals surface area contributed by atoms with Crippen molar-refractivity contribution in [1.29, 1.82) is 0 Å². The molecule has 0 saturated carbocycles. The summed E-state index contributed by atoms with van der Waals surface area (Å²) in [6, 6.07) is 6.20. The summed E-state index contributed by atoms with van der Waals surface area (Å²) in [6.07, 6.45) is 0.980. The molecule has 3 heteroatoms. The Balaban J connectivity index is 2.32. The zero-order chi connectivity index (χ0) is 9.80. The van der Waals surface area contributed by atoms with Gasteiger partial charge in [0.25, 0.3) is 0 Å². The molecule has 0 aliphatic carbocycles. The molecule has 0 amide bonds. The van der Waals surface area contributed by atoms with E-state index in [9.17, 15) is 0 Å². The standard InChI is InChI=1S/C11H14AsO2/c1-12-8-9-4-2-5-10-11(9)14-7-3-6-13-10/h2,4-5H,3,6-8H2,1H3. The summed E-state index contributed by atoms with van der Waals surface area (Å²) >= 11 is 0.396. The average molecular weight is 253 g/mol. The third-order valence-electron chi connectivity index (χ3n) is 2.18. The van der Waals surface area contributed by atoms with Crippen LogP contribution in [0.15, 0.2) is 18.2 Å². The normalized spacial score (nSPS) is 15.8. The first-order valence-corrected chi connectivity index (χ1v) is 8.05. The monoisotopic (exact) mass is 253 g/mol. The molecule has 14 heavy (non-hydrogen) atoms. The minimum absolute atomic E-state index is 0.396. The zero-order valence-electron chi connectivity index (χ0n) is 8.32.